The van der Waals surface area contributed by atoms with Gasteiger partial charge in [-0.2, -0.15) is 0 Å². The number of likely N-dealkylation sites (tertiary alicyclic amines) is 1. The van der Waals surface area contributed by atoms with E-state index in [-0.39, 0.29) is 6.03 Å². The van der Waals surface area contributed by atoms with E-state index in [0.29, 0.717) is 25.7 Å². The lowest BCUT2D eigenvalue weighted by molar-refractivity contribution is 0.0858. The van der Waals surface area contributed by atoms with Crippen LogP contribution in [0.25, 0.3) is 0 Å². The second-order valence-electron chi connectivity index (χ2n) is 5.99. The first-order chi connectivity index (χ1) is 11.3. The van der Waals surface area contributed by atoms with Crippen LogP contribution in [-0.4, -0.2) is 43.8 Å². The maximum atomic E-state index is 12.2. The van der Waals surface area contributed by atoms with Crippen LogP contribution in [0.3, 0.4) is 0 Å². The van der Waals surface area contributed by atoms with E-state index in [9.17, 15) is 4.79 Å². The standard InChI is InChI=1S/C19H26N2O2/c1-2-14-23-16-18-11-7-13-21(15-18)19(22)20-12-6-10-17-8-4-3-5-9-17/h1,3-5,8-9,18H,6-7,10-16H2,(H,20,22). The maximum Gasteiger partial charge on any atom is 0.317 e. The monoisotopic (exact) mass is 314 g/mol. The van der Waals surface area contributed by atoms with E-state index in [1.165, 1.54) is 5.56 Å². The fraction of sp³-hybridized carbons (Fsp3) is 0.526. The van der Waals surface area contributed by atoms with Crippen molar-refractivity contribution in [1.29, 1.82) is 0 Å². The maximum absolute atomic E-state index is 12.2. The lowest BCUT2D eigenvalue weighted by Crippen LogP contribution is -2.46. The van der Waals surface area contributed by atoms with Crippen LogP contribution in [0, 0.1) is 18.3 Å². The third kappa shape index (κ3) is 6.33. The summed E-state index contributed by atoms with van der Waals surface area (Å²) >= 11 is 0. The molecule has 1 aromatic rings. The average molecular weight is 314 g/mol. The summed E-state index contributed by atoms with van der Waals surface area (Å²) in [6.45, 7) is 3.29. The lowest BCUT2D eigenvalue weighted by Gasteiger charge is -2.32. The first-order valence-corrected chi connectivity index (χ1v) is 8.37. The molecule has 124 valence electrons. The summed E-state index contributed by atoms with van der Waals surface area (Å²) in [5.41, 5.74) is 1.31. The number of carbonyl (C=O) groups is 1. The second kappa shape index (κ2) is 9.91. The predicted molar refractivity (Wildman–Crippen MR) is 92.1 cm³/mol. The molecule has 4 heteroatoms. The molecular weight excluding hydrogens is 288 g/mol. The Balaban J connectivity index is 1.63. The van der Waals surface area contributed by atoms with Crippen LogP contribution >= 0.6 is 0 Å². The number of piperidine rings is 1. The van der Waals surface area contributed by atoms with Gasteiger partial charge in [-0.25, -0.2) is 4.79 Å². The third-order valence-corrected chi connectivity index (χ3v) is 4.11. The Labute approximate surface area is 139 Å². The van der Waals surface area contributed by atoms with E-state index < -0.39 is 0 Å². The van der Waals surface area contributed by atoms with Crippen molar-refractivity contribution in [3.05, 3.63) is 35.9 Å². The topological polar surface area (TPSA) is 41.6 Å². The van der Waals surface area contributed by atoms with Crippen molar-refractivity contribution in [2.24, 2.45) is 5.92 Å². The number of urea groups is 1. The van der Waals surface area contributed by atoms with Crippen molar-refractivity contribution in [3.63, 3.8) is 0 Å². The Bertz CT molecular complexity index is 510. The quantitative estimate of drug-likeness (QED) is 0.621. The second-order valence-corrected chi connectivity index (χ2v) is 5.99. The molecule has 1 saturated heterocycles. The van der Waals surface area contributed by atoms with E-state index in [0.717, 1.165) is 38.8 Å². The van der Waals surface area contributed by atoms with Gasteiger partial charge in [-0.15, -0.1) is 6.42 Å². The number of nitrogens with one attached hydrogen (secondary N) is 1. The van der Waals surface area contributed by atoms with Crippen LogP contribution in [0.5, 0.6) is 0 Å². The molecule has 1 fully saturated rings. The van der Waals surface area contributed by atoms with Crippen LogP contribution in [0.15, 0.2) is 30.3 Å². The Kier molecular flexibility index (Phi) is 7.48. The summed E-state index contributed by atoms with van der Waals surface area (Å²) < 4.78 is 5.40. The predicted octanol–water partition coefficient (Wildman–Crippen LogP) is 2.69. The molecule has 0 saturated carbocycles. The van der Waals surface area contributed by atoms with Gasteiger partial charge in [-0.1, -0.05) is 36.3 Å². The number of rotatable bonds is 7. The minimum atomic E-state index is 0.0414. The normalized spacial score (nSPS) is 17.5. The van der Waals surface area contributed by atoms with Gasteiger partial charge in [-0.05, 0) is 31.2 Å². The zero-order valence-electron chi connectivity index (χ0n) is 13.7. The highest BCUT2D eigenvalue weighted by atomic mass is 16.5. The average Bonchev–Trinajstić information content (AvgIpc) is 2.60. The Hall–Kier alpha value is -1.99. The largest absolute Gasteiger partial charge is 0.368 e. The molecule has 1 heterocycles. The van der Waals surface area contributed by atoms with E-state index in [1.807, 2.05) is 23.1 Å². The Morgan fingerprint density at radius 3 is 3.00 bits per heavy atom. The molecule has 4 nitrogen and oxygen atoms in total. The van der Waals surface area contributed by atoms with Crippen molar-refractivity contribution in [3.8, 4) is 12.3 Å². The molecule has 2 rings (SSSR count). The molecule has 0 aliphatic carbocycles. The number of benzene rings is 1. The molecule has 1 aromatic carbocycles. The van der Waals surface area contributed by atoms with Gasteiger partial charge in [0.25, 0.3) is 0 Å². The highest BCUT2D eigenvalue weighted by molar-refractivity contribution is 5.74. The van der Waals surface area contributed by atoms with Gasteiger partial charge >= 0.3 is 6.03 Å². The van der Waals surface area contributed by atoms with Crippen LogP contribution in [0.4, 0.5) is 4.79 Å². The number of aryl methyl sites for hydroxylation is 1. The first-order valence-electron chi connectivity index (χ1n) is 8.37. The highest BCUT2D eigenvalue weighted by Crippen LogP contribution is 2.16. The Morgan fingerprint density at radius 1 is 1.39 bits per heavy atom. The molecule has 1 N–H and O–H groups in total. The van der Waals surface area contributed by atoms with Gasteiger partial charge in [-0.3, -0.25) is 0 Å². The molecule has 2 amide bonds. The van der Waals surface area contributed by atoms with Crippen molar-refractivity contribution in [2.45, 2.75) is 25.7 Å². The smallest absolute Gasteiger partial charge is 0.317 e. The fourth-order valence-corrected chi connectivity index (χ4v) is 2.91. The van der Waals surface area contributed by atoms with Gasteiger partial charge in [0.2, 0.25) is 0 Å². The minimum absolute atomic E-state index is 0.0414. The summed E-state index contributed by atoms with van der Waals surface area (Å²) in [6, 6.07) is 10.4. The van der Waals surface area contributed by atoms with Crippen LogP contribution < -0.4 is 5.32 Å². The van der Waals surface area contributed by atoms with Crippen molar-refractivity contribution in [1.82, 2.24) is 10.2 Å². The van der Waals surface area contributed by atoms with Gasteiger partial charge < -0.3 is 15.0 Å². The zero-order valence-corrected chi connectivity index (χ0v) is 13.7. The van der Waals surface area contributed by atoms with Gasteiger partial charge in [0.1, 0.15) is 6.61 Å². The highest BCUT2D eigenvalue weighted by Gasteiger charge is 2.23. The van der Waals surface area contributed by atoms with Crippen LogP contribution in [-0.2, 0) is 11.2 Å². The van der Waals surface area contributed by atoms with Crippen molar-refractivity contribution >= 4 is 6.03 Å². The first kappa shape index (κ1) is 17.4. The van der Waals surface area contributed by atoms with Gasteiger partial charge in [0, 0.05) is 25.6 Å². The SMILES string of the molecule is C#CCOCC1CCCN(C(=O)NCCCc2ccccc2)C1. The number of terminal acetylenes is 1. The minimum Gasteiger partial charge on any atom is -0.368 e. The van der Waals surface area contributed by atoms with Crippen molar-refractivity contribution in [2.75, 3.05) is 32.8 Å². The van der Waals surface area contributed by atoms with Crippen LogP contribution in [0.1, 0.15) is 24.8 Å². The fourth-order valence-electron chi connectivity index (χ4n) is 2.91. The zero-order chi connectivity index (χ0) is 16.3. The molecule has 0 aromatic heterocycles. The molecule has 1 atom stereocenters. The molecule has 0 spiro atoms. The molecule has 0 bridgehead atoms. The summed E-state index contributed by atoms with van der Waals surface area (Å²) in [6.07, 6.45) is 9.26. The summed E-state index contributed by atoms with van der Waals surface area (Å²) in [4.78, 5) is 14.1. The summed E-state index contributed by atoms with van der Waals surface area (Å²) in [5, 5.41) is 3.02. The van der Waals surface area contributed by atoms with Crippen LogP contribution in [0.2, 0.25) is 0 Å². The summed E-state index contributed by atoms with van der Waals surface area (Å²) in [7, 11) is 0. The molecular formula is C19H26N2O2. The van der Waals surface area contributed by atoms with E-state index in [1.54, 1.807) is 0 Å². The molecule has 1 aliphatic rings. The Morgan fingerprint density at radius 2 is 2.22 bits per heavy atom. The van der Waals surface area contributed by atoms with E-state index in [4.69, 9.17) is 11.2 Å². The summed E-state index contributed by atoms with van der Waals surface area (Å²) in [5.74, 6) is 2.87. The van der Waals surface area contributed by atoms with Crippen molar-refractivity contribution < 1.29 is 9.53 Å². The number of ether oxygens (including phenoxy) is 1. The molecule has 1 aliphatic heterocycles. The molecule has 1 unspecified atom stereocenters. The van der Waals surface area contributed by atoms with E-state index >= 15 is 0 Å². The third-order valence-electron chi connectivity index (χ3n) is 4.11. The van der Waals surface area contributed by atoms with E-state index in [2.05, 4.69) is 23.4 Å². The van der Waals surface area contributed by atoms with Gasteiger partial charge in [0.15, 0.2) is 0 Å². The number of carbonyl (C=O) groups excluding carboxylic acids is 1. The van der Waals surface area contributed by atoms with Gasteiger partial charge in [0.05, 0.1) is 6.61 Å². The molecule has 0 radical (unpaired) electrons. The molecule has 23 heavy (non-hydrogen) atoms. The number of hydrogen-bond acceptors (Lipinski definition) is 2. The number of amides is 2. The number of hydrogen-bond donors (Lipinski definition) is 1. The number of nitrogens with zero attached hydrogens (tertiary/aromatic N) is 1. The lowest BCUT2D eigenvalue weighted by atomic mass is 9.99.